The van der Waals surface area contributed by atoms with Gasteiger partial charge in [-0.1, -0.05) is 94.1 Å². The number of amides is 5. The smallest absolute Gasteiger partial charge is 0.293 e. The first-order valence-electron chi connectivity index (χ1n) is 39.5. The van der Waals surface area contributed by atoms with Gasteiger partial charge in [-0.2, -0.15) is 4.98 Å². The SMILES string of the molecule is Cc1ncsc1-c1ccc([C@H](C)NC(=O)[C@@H]2C[C@@H](O)CN2C(=O)[C@@H](NC(=O)CCCCCCC(=O)N2CCN(C[C@@]3(C)CCC(CN4CCN(c5ccc(C(=O)NS(=O)(=O)c6ccc(NCC7(F)CCOCC7)c([N+](=O)[O-])c6)c(N6CCCOc7nc8[nH]ccc8cc76)c5)CC4)=C(c4ccc(Cl)cc4)C3)CC2)C(C)(C)C)cc1. The van der Waals surface area contributed by atoms with E-state index in [0.717, 1.165) is 122 Å². The summed E-state index contributed by atoms with van der Waals surface area (Å²) in [5, 5.41) is 33.5. The van der Waals surface area contributed by atoms with Crippen LogP contribution >= 0.6 is 22.9 Å². The number of H-pyrrole nitrogens is 1. The van der Waals surface area contributed by atoms with E-state index < -0.39 is 66.6 Å². The average Bonchev–Trinajstić information content (AvgIpc) is 1.78. The van der Waals surface area contributed by atoms with Crippen LogP contribution in [0.15, 0.2) is 119 Å². The number of aliphatic hydroxyl groups is 1. The molecule has 5 aliphatic heterocycles. The highest BCUT2D eigenvalue weighted by Crippen LogP contribution is 2.46. The van der Waals surface area contributed by atoms with Gasteiger partial charge in [0.2, 0.25) is 29.5 Å². The molecule has 4 fully saturated rings. The third-order valence-corrected chi connectivity index (χ3v) is 25.6. The second kappa shape index (κ2) is 35.3. The van der Waals surface area contributed by atoms with Gasteiger partial charge in [-0.05, 0) is 140 Å². The average molecular weight is 1610 g/mol. The molecule has 0 unspecified atom stereocenters. The number of anilines is 4. The standard InChI is InChI=1S/C83H104ClFN14O12S2/c1-54(56-14-16-58(17-15-56)74-55(2)88-53-112-74)89-78(104)70-46-63(100)50-98(70)80(105)75(81(3,4)5)90-72(101)12-9-7-8-10-13-73(102)96-39-35-94(36-40-96)52-82(6)28-26-60(66(48-82)57-18-20-61(84)21-19-57)49-93-33-37-95(38-34-93)62-22-24-65(68(45-62)97-32-11-41-111-79-71(97)44-59-27-31-86-76(59)91-79)77(103)92-113(108,109)64-23-25-67(69(47-64)99(106)107)87-51-83(85)29-42-110-43-30-83/h14-25,27,31,44-45,47,53-54,63,70,75,87,100H,7-13,26,28-30,32-43,46,48-52H2,1-6H3,(H,86,91)(H,89,104)(H,90,101)(H,92,103)/t54-,63+,70-,75+,82-/m0/s1. The summed E-state index contributed by atoms with van der Waals surface area (Å²) in [7, 11) is -4.72. The number of aromatic nitrogens is 3. The summed E-state index contributed by atoms with van der Waals surface area (Å²) in [4.78, 5) is 107. The van der Waals surface area contributed by atoms with Crippen LogP contribution in [0.5, 0.6) is 5.88 Å². The van der Waals surface area contributed by atoms with Gasteiger partial charge in [0.25, 0.3) is 21.6 Å². The number of alkyl halides is 1. The molecule has 5 atom stereocenters. The number of allylic oxidation sites excluding steroid dienone is 1. The number of nitrogens with zero attached hydrogens (tertiary/aromatic N) is 9. The number of halogens is 2. The first-order chi connectivity index (χ1) is 54.1. The van der Waals surface area contributed by atoms with Gasteiger partial charge >= 0.3 is 0 Å². The molecule has 0 spiro atoms. The Balaban J connectivity index is 0.587. The minimum absolute atomic E-state index is 0.0155. The molecular weight excluding hydrogens is 1500 g/mol. The van der Waals surface area contributed by atoms with Crippen molar-refractivity contribution in [3.05, 3.63) is 152 Å². The Morgan fingerprint density at radius 2 is 1.56 bits per heavy atom. The number of aryl methyl sites for hydroxylation is 1. The van der Waals surface area contributed by atoms with Crippen LogP contribution in [0.1, 0.15) is 151 Å². The monoisotopic (exact) mass is 1610 g/mol. The maximum absolute atomic E-state index is 15.5. The van der Waals surface area contributed by atoms with Crippen LogP contribution in [-0.4, -0.2) is 211 Å². The maximum Gasteiger partial charge on any atom is 0.293 e. The van der Waals surface area contributed by atoms with Crippen molar-refractivity contribution in [2.45, 2.75) is 160 Å². The fourth-order valence-electron chi connectivity index (χ4n) is 16.5. The summed E-state index contributed by atoms with van der Waals surface area (Å²) >= 11 is 8.08. The Morgan fingerprint density at radius 3 is 2.27 bits per heavy atom. The number of likely N-dealkylation sites (tertiary alicyclic amines) is 1. The van der Waals surface area contributed by atoms with E-state index in [2.05, 4.69) is 64.4 Å². The van der Waals surface area contributed by atoms with E-state index in [9.17, 15) is 47.6 Å². The molecule has 0 radical (unpaired) electrons. The number of rotatable bonds is 27. The largest absolute Gasteiger partial charge is 0.476 e. The van der Waals surface area contributed by atoms with Crippen LogP contribution in [0.4, 0.5) is 32.8 Å². The van der Waals surface area contributed by atoms with Crippen molar-refractivity contribution in [3.8, 4) is 16.3 Å². The number of unbranched alkanes of at least 4 members (excludes halogenated alkanes) is 3. The molecule has 1 aliphatic carbocycles. The summed E-state index contributed by atoms with van der Waals surface area (Å²) in [6.45, 7) is 20.1. The molecule has 4 aromatic carbocycles. The normalized spacial score (nSPS) is 20.4. The molecule has 6 N–H and O–H groups in total. The van der Waals surface area contributed by atoms with E-state index in [1.165, 1.54) is 22.1 Å². The molecule has 8 heterocycles. The fourth-order valence-corrected chi connectivity index (χ4v) is 18.4. The number of aliphatic hydroxyl groups excluding tert-OH is 1. The molecule has 26 nitrogen and oxygen atoms in total. The zero-order chi connectivity index (χ0) is 79.9. The minimum Gasteiger partial charge on any atom is -0.476 e. The topological polar surface area (TPSA) is 310 Å². The van der Waals surface area contributed by atoms with Gasteiger partial charge in [0.1, 0.15) is 34.8 Å². The van der Waals surface area contributed by atoms with Crippen molar-refractivity contribution in [3.63, 3.8) is 0 Å². The fraction of sp³-hybridized carbons (Fsp3) is 0.506. The molecule has 6 aliphatic rings. The van der Waals surface area contributed by atoms with Crippen LogP contribution in [-0.2, 0) is 33.9 Å². The Labute approximate surface area is 668 Å². The molecular formula is C83H104ClFN14O12S2. The second-order valence-electron chi connectivity index (χ2n) is 32.6. The van der Waals surface area contributed by atoms with E-state index in [4.69, 9.17) is 26.1 Å². The molecule has 3 aromatic heterocycles. The molecule has 0 bridgehead atoms. The summed E-state index contributed by atoms with van der Waals surface area (Å²) < 4.78 is 57.5. The molecule has 7 aromatic rings. The lowest BCUT2D eigenvalue weighted by Gasteiger charge is -2.44. The molecule has 0 saturated carbocycles. The Kier molecular flexibility index (Phi) is 25.6. The van der Waals surface area contributed by atoms with Crippen molar-refractivity contribution in [1.82, 2.24) is 49.9 Å². The first-order valence-corrected chi connectivity index (χ1v) is 42.2. The number of thiazole rings is 1. The number of fused-ring (bicyclic) bond motifs is 2. The number of ether oxygens (including phenoxy) is 2. The zero-order valence-corrected chi connectivity index (χ0v) is 67.6. The highest BCUT2D eigenvalue weighted by Gasteiger charge is 2.46. The van der Waals surface area contributed by atoms with Crippen LogP contribution in [0.3, 0.4) is 0 Å². The molecule has 13 rings (SSSR count). The van der Waals surface area contributed by atoms with Crippen molar-refractivity contribution in [2.24, 2.45) is 10.8 Å². The van der Waals surface area contributed by atoms with Crippen molar-refractivity contribution >= 4 is 108 Å². The summed E-state index contributed by atoms with van der Waals surface area (Å²) in [5.41, 5.74) is 8.00. The highest BCUT2D eigenvalue weighted by atomic mass is 35.5. The van der Waals surface area contributed by atoms with E-state index >= 15 is 4.39 Å². The van der Waals surface area contributed by atoms with Gasteiger partial charge in [-0.25, -0.2) is 22.5 Å². The number of hydrogen-bond donors (Lipinski definition) is 6. The lowest BCUT2D eigenvalue weighted by molar-refractivity contribution is -0.384. The molecule has 5 amide bonds. The van der Waals surface area contributed by atoms with E-state index in [1.807, 2.05) is 111 Å². The number of sulfonamides is 1. The van der Waals surface area contributed by atoms with Crippen molar-refractivity contribution < 1.29 is 56.3 Å². The van der Waals surface area contributed by atoms with E-state index in [-0.39, 0.29) is 92.4 Å². The third-order valence-electron chi connectivity index (χ3n) is 23.1. The Morgan fingerprint density at radius 1 is 0.841 bits per heavy atom. The van der Waals surface area contributed by atoms with E-state index in [0.29, 0.717) is 92.9 Å². The van der Waals surface area contributed by atoms with Crippen molar-refractivity contribution in [2.75, 3.05) is 120 Å². The number of carbonyl (C=O) groups is 5. The quantitative estimate of drug-likeness (QED) is 0.0158. The van der Waals surface area contributed by atoms with Gasteiger partial charge in [-0.3, -0.25) is 43.9 Å². The number of nitrogens with one attached hydrogen (secondary N) is 5. The summed E-state index contributed by atoms with van der Waals surface area (Å²) in [6, 6.07) is 26.3. The van der Waals surface area contributed by atoms with E-state index in [1.54, 1.807) is 23.6 Å². The summed E-state index contributed by atoms with van der Waals surface area (Å²) in [5.74, 6) is -1.51. The molecule has 604 valence electrons. The first kappa shape index (κ1) is 81.9. The van der Waals surface area contributed by atoms with Crippen LogP contribution in [0.2, 0.25) is 5.02 Å². The predicted octanol–water partition coefficient (Wildman–Crippen LogP) is 12.1. The van der Waals surface area contributed by atoms with Crippen LogP contribution in [0, 0.1) is 27.9 Å². The Hall–Kier alpha value is -9.10. The molecule has 30 heteroatoms. The number of β-amino-alcohol motifs (C(OH)–C–C–N with tert-alkyl or cyclic N) is 1. The van der Waals surface area contributed by atoms with Gasteiger partial charge < -0.3 is 55.1 Å². The second-order valence-corrected chi connectivity index (χ2v) is 35.5. The van der Waals surface area contributed by atoms with Gasteiger partial charge in [0.05, 0.1) is 55.9 Å². The van der Waals surface area contributed by atoms with Gasteiger partial charge in [0, 0.05) is 159 Å². The Bertz CT molecular complexity index is 4770. The highest BCUT2D eigenvalue weighted by molar-refractivity contribution is 7.90. The molecule has 113 heavy (non-hydrogen) atoms. The zero-order valence-electron chi connectivity index (χ0n) is 65.2. The number of piperazine rings is 2. The number of aromatic amines is 1. The number of nitro benzene ring substituents is 1. The lowest BCUT2D eigenvalue weighted by Crippen LogP contribution is -2.57. The molecule has 4 saturated heterocycles. The van der Waals surface area contributed by atoms with Crippen LogP contribution in [0.25, 0.3) is 27.0 Å². The maximum atomic E-state index is 15.5. The van der Waals surface area contributed by atoms with Gasteiger partial charge in [0.15, 0.2) is 0 Å². The minimum atomic E-state index is -4.72. The number of nitro groups is 1. The summed E-state index contributed by atoms with van der Waals surface area (Å²) in [6.07, 6.45) is 7.95. The number of hydrogen-bond acceptors (Lipinski definition) is 20. The third kappa shape index (κ3) is 19.8. The number of pyridine rings is 1. The predicted molar refractivity (Wildman–Crippen MR) is 436 cm³/mol. The van der Waals surface area contributed by atoms with Gasteiger partial charge in [-0.15, -0.1) is 11.3 Å². The number of carbonyl (C=O) groups excluding carboxylic acids is 5. The van der Waals surface area contributed by atoms with Crippen molar-refractivity contribution in [1.29, 1.82) is 0 Å². The lowest BCUT2D eigenvalue weighted by atomic mass is 9.70. The van der Waals surface area contributed by atoms with Crippen LogP contribution < -0.4 is 35.2 Å². The number of benzene rings is 4.